The molecule has 0 radical (unpaired) electrons. The van der Waals surface area contributed by atoms with Crippen LogP contribution in [0.5, 0.6) is 0 Å². The lowest BCUT2D eigenvalue weighted by Crippen LogP contribution is -2.49. The summed E-state index contributed by atoms with van der Waals surface area (Å²) in [4.78, 5) is 35.5. The number of hydrogen-bond donors (Lipinski definition) is 3. The van der Waals surface area contributed by atoms with Gasteiger partial charge >= 0.3 is 0 Å². The molecule has 0 aliphatic heterocycles. The molecule has 0 saturated carbocycles. The highest BCUT2D eigenvalue weighted by molar-refractivity contribution is 7.89. The molecule has 0 heterocycles. The molecular formula is C19H21FN4O5S. The van der Waals surface area contributed by atoms with Crippen molar-refractivity contribution in [3.8, 4) is 0 Å². The zero-order chi connectivity index (χ0) is 22.3. The summed E-state index contributed by atoms with van der Waals surface area (Å²) < 4.78 is 39.2. The lowest BCUT2D eigenvalue weighted by Gasteiger charge is -2.17. The van der Waals surface area contributed by atoms with Gasteiger partial charge in [-0.05, 0) is 31.2 Å². The molecule has 0 aliphatic carbocycles. The molecule has 3 N–H and O–H groups in total. The summed E-state index contributed by atoms with van der Waals surface area (Å²) in [5.74, 6) is -3.10. The number of benzene rings is 2. The van der Waals surface area contributed by atoms with Gasteiger partial charge in [-0.1, -0.05) is 29.8 Å². The average Bonchev–Trinajstić information content (AvgIpc) is 2.71. The Bertz CT molecular complexity index is 1040. The Morgan fingerprint density at radius 1 is 0.967 bits per heavy atom. The molecule has 0 aromatic heterocycles. The van der Waals surface area contributed by atoms with Crippen LogP contribution in [0.1, 0.15) is 15.9 Å². The van der Waals surface area contributed by atoms with Gasteiger partial charge in [0, 0.05) is 7.05 Å². The van der Waals surface area contributed by atoms with E-state index in [0.29, 0.717) is 0 Å². The lowest BCUT2D eigenvalue weighted by atomic mass is 10.2. The first kappa shape index (κ1) is 23.0. The molecule has 30 heavy (non-hydrogen) atoms. The zero-order valence-electron chi connectivity index (χ0n) is 16.3. The highest BCUT2D eigenvalue weighted by atomic mass is 32.2. The largest absolute Gasteiger partial charge is 0.343 e. The van der Waals surface area contributed by atoms with E-state index in [-0.39, 0.29) is 10.5 Å². The van der Waals surface area contributed by atoms with Crippen LogP contribution in [0, 0.1) is 12.7 Å². The SMILES string of the molecule is Cc1ccc(S(=O)(=O)N(C)CC(=O)NNC(=O)CNC(=O)c2ccccc2F)cc1. The molecule has 2 aromatic carbocycles. The van der Waals surface area contributed by atoms with Crippen LogP contribution in [-0.4, -0.2) is 50.6 Å². The first-order chi connectivity index (χ1) is 14.1. The highest BCUT2D eigenvalue weighted by Gasteiger charge is 2.23. The van der Waals surface area contributed by atoms with Gasteiger partial charge in [-0.15, -0.1) is 0 Å². The molecule has 3 amide bonds. The second-order valence-corrected chi connectivity index (χ2v) is 8.38. The van der Waals surface area contributed by atoms with E-state index in [2.05, 4.69) is 10.7 Å². The Hall–Kier alpha value is -3.31. The zero-order valence-corrected chi connectivity index (χ0v) is 17.1. The Balaban J connectivity index is 1.81. The van der Waals surface area contributed by atoms with Crippen molar-refractivity contribution < 1.29 is 27.2 Å². The van der Waals surface area contributed by atoms with Crippen molar-refractivity contribution in [2.24, 2.45) is 0 Å². The molecule has 2 rings (SSSR count). The molecule has 0 atom stereocenters. The molecule has 0 fully saturated rings. The Morgan fingerprint density at radius 2 is 1.57 bits per heavy atom. The van der Waals surface area contributed by atoms with E-state index in [1.165, 1.54) is 37.4 Å². The van der Waals surface area contributed by atoms with E-state index in [9.17, 15) is 27.2 Å². The fraction of sp³-hybridized carbons (Fsp3) is 0.211. The Kier molecular flexibility index (Phi) is 7.61. The second-order valence-electron chi connectivity index (χ2n) is 6.33. The lowest BCUT2D eigenvalue weighted by molar-refractivity contribution is -0.128. The third kappa shape index (κ3) is 6.09. The number of hydrogen-bond acceptors (Lipinski definition) is 5. The van der Waals surface area contributed by atoms with Crippen molar-refractivity contribution in [1.82, 2.24) is 20.5 Å². The van der Waals surface area contributed by atoms with Gasteiger partial charge in [0.25, 0.3) is 17.7 Å². The molecule has 0 spiro atoms. The number of carbonyl (C=O) groups excluding carboxylic acids is 3. The van der Waals surface area contributed by atoms with Crippen molar-refractivity contribution in [3.63, 3.8) is 0 Å². The quantitative estimate of drug-likeness (QED) is 0.540. The van der Waals surface area contributed by atoms with Crippen LogP contribution in [0.3, 0.4) is 0 Å². The molecule has 0 bridgehead atoms. The third-order valence-electron chi connectivity index (χ3n) is 3.96. The molecule has 0 aliphatic rings. The monoisotopic (exact) mass is 436 g/mol. The number of nitrogens with zero attached hydrogens (tertiary/aromatic N) is 1. The minimum Gasteiger partial charge on any atom is -0.343 e. The molecule has 0 unspecified atom stereocenters. The summed E-state index contributed by atoms with van der Waals surface area (Å²) in [6.07, 6.45) is 0. The van der Waals surface area contributed by atoms with E-state index < -0.39 is 46.7 Å². The van der Waals surface area contributed by atoms with Crippen molar-refractivity contribution in [3.05, 3.63) is 65.5 Å². The van der Waals surface area contributed by atoms with E-state index in [1.807, 2.05) is 12.3 Å². The van der Waals surface area contributed by atoms with Gasteiger partial charge in [0.1, 0.15) is 5.82 Å². The van der Waals surface area contributed by atoms with Gasteiger partial charge in [-0.3, -0.25) is 25.2 Å². The maximum atomic E-state index is 13.5. The molecule has 9 nitrogen and oxygen atoms in total. The Morgan fingerprint density at radius 3 is 2.20 bits per heavy atom. The predicted molar refractivity (Wildman–Crippen MR) is 106 cm³/mol. The van der Waals surface area contributed by atoms with E-state index in [0.717, 1.165) is 15.9 Å². The van der Waals surface area contributed by atoms with E-state index in [1.54, 1.807) is 12.1 Å². The van der Waals surface area contributed by atoms with Crippen LogP contribution >= 0.6 is 0 Å². The number of hydrazine groups is 1. The number of amides is 3. The maximum Gasteiger partial charge on any atom is 0.257 e. The van der Waals surface area contributed by atoms with Crippen molar-refractivity contribution in [2.45, 2.75) is 11.8 Å². The summed E-state index contributed by atoms with van der Waals surface area (Å²) in [5, 5.41) is 2.21. The first-order valence-electron chi connectivity index (χ1n) is 8.74. The number of rotatable bonds is 7. The van der Waals surface area contributed by atoms with Gasteiger partial charge in [-0.2, -0.15) is 4.31 Å². The van der Waals surface area contributed by atoms with Crippen molar-refractivity contribution >= 4 is 27.7 Å². The number of carbonyl (C=O) groups is 3. The fourth-order valence-corrected chi connectivity index (χ4v) is 3.43. The average molecular weight is 436 g/mol. The number of nitrogens with one attached hydrogen (secondary N) is 3. The summed E-state index contributed by atoms with van der Waals surface area (Å²) in [6.45, 7) is 0.748. The maximum absolute atomic E-state index is 13.5. The minimum absolute atomic E-state index is 0.0308. The van der Waals surface area contributed by atoms with Crippen LogP contribution in [0.15, 0.2) is 53.4 Å². The minimum atomic E-state index is -3.88. The topological polar surface area (TPSA) is 125 Å². The summed E-state index contributed by atoms with van der Waals surface area (Å²) in [6, 6.07) is 11.4. The van der Waals surface area contributed by atoms with Crippen LogP contribution in [0.2, 0.25) is 0 Å². The first-order valence-corrected chi connectivity index (χ1v) is 10.2. The van der Waals surface area contributed by atoms with Crippen LogP contribution < -0.4 is 16.2 Å². The summed E-state index contributed by atoms with van der Waals surface area (Å²) >= 11 is 0. The van der Waals surface area contributed by atoms with Gasteiger partial charge in [0.2, 0.25) is 10.0 Å². The van der Waals surface area contributed by atoms with Crippen molar-refractivity contribution in [1.29, 1.82) is 0 Å². The Labute approximate surface area is 173 Å². The van der Waals surface area contributed by atoms with Gasteiger partial charge in [-0.25, -0.2) is 12.8 Å². The number of halogens is 1. The second kappa shape index (κ2) is 9.94. The fourth-order valence-electron chi connectivity index (χ4n) is 2.30. The molecular weight excluding hydrogens is 415 g/mol. The van der Waals surface area contributed by atoms with E-state index >= 15 is 0 Å². The molecule has 0 saturated heterocycles. The van der Waals surface area contributed by atoms with E-state index in [4.69, 9.17) is 0 Å². The van der Waals surface area contributed by atoms with Crippen LogP contribution in [0.4, 0.5) is 4.39 Å². The van der Waals surface area contributed by atoms with Gasteiger partial charge in [0.15, 0.2) is 0 Å². The van der Waals surface area contributed by atoms with Crippen molar-refractivity contribution in [2.75, 3.05) is 20.1 Å². The highest BCUT2D eigenvalue weighted by Crippen LogP contribution is 2.14. The summed E-state index contributed by atoms with van der Waals surface area (Å²) in [7, 11) is -2.65. The van der Waals surface area contributed by atoms with Gasteiger partial charge < -0.3 is 5.32 Å². The van der Waals surface area contributed by atoms with Gasteiger partial charge in [0.05, 0.1) is 23.5 Å². The van der Waals surface area contributed by atoms with Crippen LogP contribution in [-0.2, 0) is 19.6 Å². The predicted octanol–water partition coefficient (Wildman–Crippen LogP) is 0.332. The number of sulfonamides is 1. The summed E-state index contributed by atoms with van der Waals surface area (Å²) in [5.41, 5.74) is 4.75. The number of likely N-dealkylation sites (N-methyl/N-ethyl adjacent to an activating group) is 1. The normalized spacial score (nSPS) is 11.1. The standard InChI is InChI=1S/C19H21FN4O5S/c1-13-7-9-14(10-8-13)30(28,29)24(2)12-18(26)23-22-17(25)11-21-19(27)15-5-3-4-6-16(15)20/h3-10H,11-12H2,1-2H3,(H,21,27)(H,22,25)(H,23,26). The number of aryl methyl sites for hydroxylation is 1. The third-order valence-corrected chi connectivity index (χ3v) is 5.78. The smallest absolute Gasteiger partial charge is 0.257 e. The molecule has 2 aromatic rings. The molecule has 160 valence electrons. The van der Waals surface area contributed by atoms with Crippen LogP contribution in [0.25, 0.3) is 0 Å². The molecule has 11 heteroatoms.